The van der Waals surface area contributed by atoms with Crippen molar-refractivity contribution in [2.75, 3.05) is 14.2 Å². The molecule has 0 atom stereocenters. The normalized spacial score (nSPS) is 11.3. The van der Waals surface area contributed by atoms with Crippen LogP contribution in [-0.2, 0) is 21.3 Å². The number of aryl methyl sites for hydroxylation is 2. The highest BCUT2D eigenvalue weighted by atomic mass is 16.5. The molecule has 122 valence electrons. The Labute approximate surface area is 135 Å². The average molecular weight is 316 g/mol. The summed E-state index contributed by atoms with van der Waals surface area (Å²) in [6, 6.07) is 5.55. The van der Waals surface area contributed by atoms with E-state index in [0.717, 1.165) is 11.3 Å². The smallest absolute Gasteiger partial charge is 0.341 e. The van der Waals surface area contributed by atoms with Crippen LogP contribution in [0, 0.1) is 13.8 Å². The number of esters is 1. The van der Waals surface area contributed by atoms with Crippen LogP contribution in [0.3, 0.4) is 0 Å². The van der Waals surface area contributed by atoms with E-state index in [2.05, 4.69) is 5.10 Å². The fourth-order valence-electron chi connectivity index (χ4n) is 2.21. The van der Waals surface area contributed by atoms with Crippen LogP contribution < -0.4 is 4.74 Å². The predicted octanol–water partition coefficient (Wildman–Crippen LogP) is 2.99. The Balaban J connectivity index is 2.53. The van der Waals surface area contributed by atoms with Crippen molar-refractivity contribution in [3.8, 4) is 11.5 Å². The van der Waals surface area contributed by atoms with Crippen LogP contribution in [0.4, 0.5) is 0 Å². The number of nitrogens with zero attached hydrogens (tertiary/aromatic N) is 2. The van der Waals surface area contributed by atoms with Crippen molar-refractivity contribution >= 4 is 11.5 Å². The fourth-order valence-corrected chi connectivity index (χ4v) is 2.21. The van der Waals surface area contributed by atoms with Gasteiger partial charge in [0, 0.05) is 12.6 Å². The van der Waals surface area contributed by atoms with Crippen LogP contribution >= 0.6 is 0 Å². The molecule has 23 heavy (non-hydrogen) atoms. The Hall–Kier alpha value is -2.76. The standard InChI is InChI=1S/C17H20N2O4/c1-11-7-6-8-14(23-15-9-18-19(3)12(15)2)16(11)13(10-21-4)17(20)22-5/h6-10H,1-5H3/b13-10-. The summed E-state index contributed by atoms with van der Waals surface area (Å²) in [6.45, 7) is 3.80. The fraction of sp³-hybridized carbons (Fsp3) is 0.294. The molecule has 0 N–H and O–H groups in total. The van der Waals surface area contributed by atoms with E-state index < -0.39 is 5.97 Å². The summed E-state index contributed by atoms with van der Waals surface area (Å²) >= 11 is 0. The maximum absolute atomic E-state index is 12.1. The molecule has 0 spiro atoms. The van der Waals surface area contributed by atoms with Crippen LogP contribution in [0.1, 0.15) is 16.8 Å². The summed E-state index contributed by atoms with van der Waals surface area (Å²) in [7, 11) is 4.65. The van der Waals surface area contributed by atoms with E-state index >= 15 is 0 Å². The van der Waals surface area contributed by atoms with Crippen LogP contribution in [-0.4, -0.2) is 30.0 Å². The molecule has 0 saturated heterocycles. The first-order valence-electron chi connectivity index (χ1n) is 7.07. The summed E-state index contributed by atoms with van der Waals surface area (Å²) in [4.78, 5) is 12.1. The Kier molecular flexibility index (Phi) is 5.05. The lowest BCUT2D eigenvalue weighted by molar-refractivity contribution is -0.133. The first kappa shape index (κ1) is 16.6. The molecule has 0 aliphatic carbocycles. The second kappa shape index (κ2) is 7.00. The second-order valence-electron chi connectivity index (χ2n) is 5.03. The molecule has 6 heteroatoms. The second-order valence-corrected chi connectivity index (χ2v) is 5.03. The molecule has 1 heterocycles. The summed E-state index contributed by atoms with van der Waals surface area (Å²) in [6.07, 6.45) is 3.00. The minimum absolute atomic E-state index is 0.296. The van der Waals surface area contributed by atoms with E-state index in [1.54, 1.807) is 16.9 Å². The number of hydrogen-bond acceptors (Lipinski definition) is 5. The quantitative estimate of drug-likeness (QED) is 0.482. The molecule has 2 rings (SSSR count). The number of carbonyl (C=O) groups excluding carboxylic acids is 1. The lowest BCUT2D eigenvalue weighted by Gasteiger charge is -2.14. The van der Waals surface area contributed by atoms with Gasteiger partial charge in [0.25, 0.3) is 0 Å². The molecule has 0 radical (unpaired) electrons. The highest BCUT2D eigenvalue weighted by Gasteiger charge is 2.21. The van der Waals surface area contributed by atoms with Gasteiger partial charge in [-0.15, -0.1) is 0 Å². The number of methoxy groups -OCH3 is 2. The molecule has 0 saturated carbocycles. The van der Waals surface area contributed by atoms with Crippen LogP contribution in [0.15, 0.2) is 30.7 Å². The Morgan fingerprint density at radius 3 is 2.52 bits per heavy atom. The summed E-state index contributed by atoms with van der Waals surface area (Å²) in [5, 5.41) is 4.16. The highest BCUT2D eigenvalue weighted by molar-refractivity contribution is 6.17. The van der Waals surface area contributed by atoms with Crippen molar-refractivity contribution in [1.82, 2.24) is 9.78 Å². The van der Waals surface area contributed by atoms with E-state index in [-0.39, 0.29) is 0 Å². The van der Waals surface area contributed by atoms with Gasteiger partial charge in [-0.3, -0.25) is 4.68 Å². The highest BCUT2D eigenvalue weighted by Crippen LogP contribution is 2.34. The minimum Gasteiger partial charge on any atom is -0.503 e. The van der Waals surface area contributed by atoms with Gasteiger partial charge in [-0.1, -0.05) is 12.1 Å². The first-order chi connectivity index (χ1) is 11.0. The van der Waals surface area contributed by atoms with Gasteiger partial charge in [0.1, 0.15) is 11.3 Å². The number of hydrogen-bond donors (Lipinski definition) is 0. The molecule has 0 bridgehead atoms. The van der Waals surface area contributed by atoms with Gasteiger partial charge in [0.15, 0.2) is 5.75 Å². The third kappa shape index (κ3) is 3.36. The lowest BCUT2D eigenvalue weighted by atomic mass is 10.0. The zero-order valence-corrected chi connectivity index (χ0v) is 13.9. The van der Waals surface area contributed by atoms with Crippen LogP contribution in [0.5, 0.6) is 11.5 Å². The number of aromatic nitrogens is 2. The van der Waals surface area contributed by atoms with Crippen molar-refractivity contribution < 1.29 is 19.0 Å². The van der Waals surface area contributed by atoms with Gasteiger partial charge < -0.3 is 14.2 Å². The van der Waals surface area contributed by atoms with Crippen molar-refractivity contribution in [2.24, 2.45) is 7.05 Å². The molecule has 0 amide bonds. The van der Waals surface area contributed by atoms with Crippen molar-refractivity contribution in [1.29, 1.82) is 0 Å². The van der Waals surface area contributed by atoms with E-state index in [9.17, 15) is 4.79 Å². The SMILES string of the molecule is CO/C=C(\C(=O)OC)c1c(C)cccc1Oc1cnn(C)c1C. The molecular formula is C17H20N2O4. The monoisotopic (exact) mass is 316 g/mol. The first-order valence-corrected chi connectivity index (χ1v) is 7.07. The topological polar surface area (TPSA) is 62.6 Å². The van der Waals surface area contributed by atoms with Crippen LogP contribution in [0.25, 0.3) is 5.57 Å². The summed E-state index contributed by atoms with van der Waals surface area (Å²) < 4.78 is 17.6. The molecule has 6 nitrogen and oxygen atoms in total. The van der Waals surface area contributed by atoms with Crippen LogP contribution in [0.2, 0.25) is 0 Å². The molecule has 0 fully saturated rings. The predicted molar refractivity (Wildman–Crippen MR) is 86.2 cm³/mol. The molecule has 0 aliphatic rings. The number of benzene rings is 1. The molecule has 2 aromatic rings. The van der Waals surface area contributed by atoms with Gasteiger partial charge in [-0.05, 0) is 25.5 Å². The summed E-state index contributed by atoms with van der Waals surface area (Å²) in [5.74, 6) is 0.671. The Morgan fingerprint density at radius 2 is 1.96 bits per heavy atom. The maximum Gasteiger partial charge on any atom is 0.341 e. The molecule has 0 unspecified atom stereocenters. The third-order valence-corrected chi connectivity index (χ3v) is 3.56. The van der Waals surface area contributed by atoms with Gasteiger partial charge >= 0.3 is 5.97 Å². The lowest BCUT2D eigenvalue weighted by Crippen LogP contribution is -2.07. The average Bonchev–Trinajstić information content (AvgIpc) is 2.85. The van der Waals surface area contributed by atoms with Gasteiger partial charge in [0.2, 0.25) is 0 Å². The van der Waals surface area contributed by atoms with Crippen molar-refractivity contribution in [2.45, 2.75) is 13.8 Å². The Bertz CT molecular complexity index is 747. The number of rotatable bonds is 5. The van der Waals surface area contributed by atoms with E-state index in [0.29, 0.717) is 22.6 Å². The molecular weight excluding hydrogens is 296 g/mol. The van der Waals surface area contributed by atoms with E-state index in [4.69, 9.17) is 14.2 Å². The third-order valence-electron chi connectivity index (χ3n) is 3.56. The van der Waals surface area contributed by atoms with Crippen molar-refractivity contribution in [3.05, 3.63) is 47.5 Å². The maximum atomic E-state index is 12.1. The zero-order chi connectivity index (χ0) is 17.0. The molecule has 1 aromatic heterocycles. The number of ether oxygens (including phenoxy) is 3. The van der Waals surface area contributed by atoms with E-state index in [1.165, 1.54) is 20.5 Å². The Morgan fingerprint density at radius 1 is 1.22 bits per heavy atom. The van der Waals surface area contributed by atoms with Crippen molar-refractivity contribution in [3.63, 3.8) is 0 Å². The van der Waals surface area contributed by atoms with Gasteiger partial charge in [-0.25, -0.2) is 4.79 Å². The van der Waals surface area contributed by atoms with Gasteiger partial charge in [0.05, 0.1) is 32.4 Å². The van der Waals surface area contributed by atoms with Gasteiger partial charge in [-0.2, -0.15) is 5.10 Å². The zero-order valence-electron chi connectivity index (χ0n) is 13.9. The largest absolute Gasteiger partial charge is 0.503 e. The van der Waals surface area contributed by atoms with E-state index in [1.807, 2.05) is 33.0 Å². The minimum atomic E-state index is -0.492. The molecule has 0 aliphatic heterocycles. The molecule has 1 aromatic carbocycles. The summed E-state index contributed by atoms with van der Waals surface area (Å²) in [5.41, 5.74) is 2.68. The number of carbonyl (C=O) groups is 1.